The van der Waals surface area contributed by atoms with Gasteiger partial charge in [0.1, 0.15) is 5.75 Å². The molecule has 1 amide bonds. The van der Waals surface area contributed by atoms with Crippen molar-refractivity contribution in [2.75, 3.05) is 19.4 Å². The van der Waals surface area contributed by atoms with Crippen molar-refractivity contribution in [1.29, 1.82) is 0 Å². The molecule has 0 atom stereocenters. The lowest BCUT2D eigenvalue weighted by atomic mass is 10.3. The molecule has 1 fully saturated rings. The van der Waals surface area contributed by atoms with Crippen LogP contribution in [0, 0.1) is 0 Å². The predicted molar refractivity (Wildman–Crippen MR) is 67.2 cm³/mol. The smallest absolute Gasteiger partial charge is 0.260 e. The number of hydrogen-bond acceptors (Lipinski definition) is 3. The summed E-state index contributed by atoms with van der Waals surface area (Å²) in [4.78, 5) is 13.4. The molecule has 5 heteroatoms. The predicted octanol–water partition coefficient (Wildman–Crippen LogP) is 1.92. The van der Waals surface area contributed by atoms with Crippen LogP contribution in [0.15, 0.2) is 18.2 Å². The largest absolute Gasteiger partial charge is 0.482 e. The third-order valence-corrected chi connectivity index (χ3v) is 3.05. The van der Waals surface area contributed by atoms with E-state index < -0.39 is 0 Å². The Kier molecular flexibility index (Phi) is 3.43. The number of likely N-dealkylation sites (N-methyl/N-ethyl adjacent to an activating group) is 1. The summed E-state index contributed by atoms with van der Waals surface area (Å²) in [5, 5.41) is 0.552. The van der Waals surface area contributed by atoms with Crippen LogP contribution >= 0.6 is 11.6 Å². The Morgan fingerprint density at radius 1 is 1.59 bits per heavy atom. The van der Waals surface area contributed by atoms with Gasteiger partial charge in [0, 0.05) is 18.1 Å². The van der Waals surface area contributed by atoms with Crippen molar-refractivity contribution in [3.05, 3.63) is 23.2 Å². The fourth-order valence-corrected chi connectivity index (χ4v) is 1.74. The van der Waals surface area contributed by atoms with Crippen LogP contribution < -0.4 is 10.5 Å². The lowest BCUT2D eigenvalue weighted by Crippen LogP contribution is -2.33. The normalized spacial score (nSPS) is 14.5. The molecule has 0 spiro atoms. The first kappa shape index (κ1) is 12.0. The van der Waals surface area contributed by atoms with Gasteiger partial charge in [0.05, 0.1) is 5.69 Å². The number of carbonyl (C=O) groups is 1. The van der Waals surface area contributed by atoms with E-state index in [4.69, 9.17) is 22.1 Å². The van der Waals surface area contributed by atoms with Crippen LogP contribution in [-0.4, -0.2) is 30.5 Å². The van der Waals surface area contributed by atoms with E-state index in [2.05, 4.69) is 0 Å². The molecule has 1 aromatic rings. The fourth-order valence-electron chi connectivity index (χ4n) is 1.56. The minimum absolute atomic E-state index is 0.0127. The first-order chi connectivity index (χ1) is 8.08. The molecule has 17 heavy (non-hydrogen) atoms. The fraction of sp³-hybridized carbons (Fsp3) is 0.417. The summed E-state index contributed by atoms with van der Waals surface area (Å²) in [6.07, 6.45) is 2.18. The third-order valence-electron chi connectivity index (χ3n) is 2.81. The maximum absolute atomic E-state index is 11.7. The zero-order valence-electron chi connectivity index (χ0n) is 9.65. The van der Waals surface area contributed by atoms with Gasteiger partial charge in [-0.1, -0.05) is 11.6 Å². The second kappa shape index (κ2) is 4.84. The maximum Gasteiger partial charge on any atom is 0.260 e. The monoisotopic (exact) mass is 254 g/mol. The van der Waals surface area contributed by atoms with Crippen LogP contribution in [0.5, 0.6) is 5.75 Å². The van der Waals surface area contributed by atoms with E-state index >= 15 is 0 Å². The van der Waals surface area contributed by atoms with Gasteiger partial charge < -0.3 is 15.4 Å². The van der Waals surface area contributed by atoms with Gasteiger partial charge in [-0.25, -0.2) is 0 Å². The SMILES string of the molecule is CN(C(=O)COc1ccc(Cl)cc1N)C1CC1. The Morgan fingerprint density at radius 2 is 2.29 bits per heavy atom. The highest BCUT2D eigenvalue weighted by atomic mass is 35.5. The van der Waals surface area contributed by atoms with Crippen LogP contribution in [0.4, 0.5) is 5.69 Å². The summed E-state index contributed by atoms with van der Waals surface area (Å²) < 4.78 is 5.38. The van der Waals surface area contributed by atoms with E-state index in [1.807, 2.05) is 0 Å². The highest BCUT2D eigenvalue weighted by molar-refractivity contribution is 6.30. The van der Waals surface area contributed by atoms with Crippen molar-refractivity contribution < 1.29 is 9.53 Å². The van der Waals surface area contributed by atoms with Gasteiger partial charge >= 0.3 is 0 Å². The number of ether oxygens (including phenoxy) is 1. The van der Waals surface area contributed by atoms with E-state index in [0.29, 0.717) is 22.5 Å². The van der Waals surface area contributed by atoms with Gasteiger partial charge in [-0.05, 0) is 31.0 Å². The lowest BCUT2D eigenvalue weighted by molar-refractivity contribution is -0.132. The number of nitrogens with zero attached hydrogens (tertiary/aromatic N) is 1. The molecule has 4 nitrogen and oxygen atoms in total. The first-order valence-electron chi connectivity index (χ1n) is 5.51. The molecule has 0 saturated heterocycles. The molecule has 92 valence electrons. The van der Waals surface area contributed by atoms with E-state index in [1.165, 1.54) is 0 Å². The van der Waals surface area contributed by atoms with Crippen LogP contribution in [0.25, 0.3) is 0 Å². The summed E-state index contributed by atoms with van der Waals surface area (Å²) in [6.45, 7) is 0.0127. The molecule has 0 bridgehead atoms. The molecule has 1 aromatic carbocycles. The van der Waals surface area contributed by atoms with Crippen LogP contribution in [0.1, 0.15) is 12.8 Å². The van der Waals surface area contributed by atoms with E-state index in [9.17, 15) is 4.79 Å². The Morgan fingerprint density at radius 3 is 2.88 bits per heavy atom. The minimum atomic E-state index is -0.0261. The summed E-state index contributed by atoms with van der Waals surface area (Å²) in [5.41, 5.74) is 6.17. The number of hydrogen-bond donors (Lipinski definition) is 1. The Balaban J connectivity index is 1.90. The van der Waals surface area contributed by atoms with Gasteiger partial charge in [-0.3, -0.25) is 4.79 Å². The summed E-state index contributed by atoms with van der Waals surface area (Å²) in [7, 11) is 1.80. The first-order valence-corrected chi connectivity index (χ1v) is 5.89. The third kappa shape index (κ3) is 3.03. The second-order valence-corrected chi connectivity index (χ2v) is 4.64. The van der Waals surface area contributed by atoms with E-state index in [0.717, 1.165) is 12.8 Å². The second-order valence-electron chi connectivity index (χ2n) is 4.21. The van der Waals surface area contributed by atoms with Crippen molar-refractivity contribution in [3.8, 4) is 5.75 Å². The standard InChI is InChI=1S/C12H15ClN2O2/c1-15(9-3-4-9)12(16)7-17-11-5-2-8(13)6-10(11)14/h2,5-6,9H,3-4,7,14H2,1H3. The number of nitrogen functional groups attached to an aromatic ring is 1. The number of halogens is 1. The summed E-state index contributed by atoms with van der Waals surface area (Å²) >= 11 is 5.77. The van der Waals surface area contributed by atoms with Crippen molar-refractivity contribution >= 4 is 23.2 Å². The topological polar surface area (TPSA) is 55.6 Å². The molecule has 0 aromatic heterocycles. The number of benzene rings is 1. The quantitative estimate of drug-likeness (QED) is 0.836. The van der Waals surface area contributed by atoms with Gasteiger partial charge in [-0.2, -0.15) is 0 Å². The molecule has 0 aliphatic heterocycles. The zero-order valence-corrected chi connectivity index (χ0v) is 10.4. The van der Waals surface area contributed by atoms with E-state index in [1.54, 1.807) is 30.1 Å². The number of nitrogens with two attached hydrogens (primary N) is 1. The van der Waals surface area contributed by atoms with Gasteiger partial charge in [0.2, 0.25) is 0 Å². The van der Waals surface area contributed by atoms with Gasteiger partial charge in [-0.15, -0.1) is 0 Å². The molecule has 1 saturated carbocycles. The highest BCUT2D eigenvalue weighted by Crippen LogP contribution is 2.27. The maximum atomic E-state index is 11.7. The zero-order chi connectivity index (χ0) is 12.4. The Hall–Kier alpha value is -1.42. The number of anilines is 1. The van der Waals surface area contributed by atoms with E-state index in [-0.39, 0.29) is 12.5 Å². The number of rotatable bonds is 4. The van der Waals surface area contributed by atoms with Crippen molar-refractivity contribution in [2.24, 2.45) is 0 Å². The molecule has 2 rings (SSSR count). The Bertz CT molecular complexity index is 433. The molecule has 1 aliphatic carbocycles. The van der Waals surface area contributed by atoms with Gasteiger partial charge in [0.15, 0.2) is 6.61 Å². The summed E-state index contributed by atoms with van der Waals surface area (Å²) in [5.74, 6) is 0.466. The highest BCUT2D eigenvalue weighted by Gasteiger charge is 2.29. The van der Waals surface area contributed by atoms with Gasteiger partial charge in [0.25, 0.3) is 5.91 Å². The molecular weight excluding hydrogens is 240 g/mol. The molecule has 0 unspecified atom stereocenters. The average Bonchev–Trinajstić information content (AvgIpc) is 3.10. The van der Waals surface area contributed by atoms with Crippen LogP contribution in [-0.2, 0) is 4.79 Å². The minimum Gasteiger partial charge on any atom is -0.482 e. The van der Waals surface area contributed by atoms with Crippen LogP contribution in [0.3, 0.4) is 0 Å². The molecule has 0 heterocycles. The van der Waals surface area contributed by atoms with Crippen LogP contribution in [0.2, 0.25) is 5.02 Å². The van der Waals surface area contributed by atoms with Crippen molar-refractivity contribution in [3.63, 3.8) is 0 Å². The number of carbonyl (C=O) groups excluding carboxylic acids is 1. The lowest BCUT2D eigenvalue weighted by Gasteiger charge is -2.17. The average molecular weight is 255 g/mol. The molecule has 2 N–H and O–H groups in total. The number of amides is 1. The Labute approximate surface area is 105 Å². The van der Waals surface area contributed by atoms with Crippen molar-refractivity contribution in [2.45, 2.75) is 18.9 Å². The molecule has 0 radical (unpaired) electrons. The molecular formula is C12H15ClN2O2. The molecule has 1 aliphatic rings. The van der Waals surface area contributed by atoms with Crippen molar-refractivity contribution in [1.82, 2.24) is 4.90 Å². The summed E-state index contributed by atoms with van der Waals surface area (Å²) in [6, 6.07) is 5.35.